The van der Waals surface area contributed by atoms with Crippen molar-refractivity contribution >= 4 is 55.6 Å². The van der Waals surface area contributed by atoms with Crippen molar-refractivity contribution in [2.45, 2.75) is 26.9 Å². The molecule has 0 amide bonds. The number of benzene rings is 3. The summed E-state index contributed by atoms with van der Waals surface area (Å²) in [5.74, 6) is 1.43. The van der Waals surface area contributed by atoms with Crippen molar-refractivity contribution in [1.29, 1.82) is 0 Å². The van der Waals surface area contributed by atoms with Crippen LogP contribution in [0.1, 0.15) is 29.4 Å². The van der Waals surface area contributed by atoms with Gasteiger partial charge < -0.3 is 4.74 Å². The Morgan fingerprint density at radius 3 is 2.62 bits per heavy atom. The normalized spacial score (nSPS) is 11.4. The van der Waals surface area contributed by atoms with Gasteiger partial charge in [-0.1, -0.05) is 52.7 Å². The molecule has 0 saturated heterocycles. The highest BCUT2D eigenvalue weighted by Crippen LogP contribution is 2.23. The van der Waals surface area contributed by atoms with Crippen LogP contribution in [0.3, 0.4) is 0 Å². The highest BCUT2D eigenvalue weighted by Gasteiger charge is 2.10. The van der Waals surface area contributed by atoms with Gasteiger partial charge in [0.25, 0.3) is 5.56 Å². The summed E-state index contributed by atoms with van der Waals surface area (Å²) < 4.78 is 9.16. The fourth-order valence-electron chi connectivity index (χ4n) is 3.23. The second kappa shape index (κ2) is 9.95. The number of hydrogen-bond acceptors (Lipinski definition) is 4. The zero-order chi connectivity index (χ0) is 22.7. The van der Waals surface area contributed by atoms with Gasteiger partial charge in [-0.25, -0.2) is 4.98 Å². The number of hydrogen-bond donors (Lipinski definition) is 0. The van der Waals surface area contributed by atoms with Crippen LogP contribution in [0, 0.1) is 10.5 Å². The molecule has 5 nitrogen and oxygen atoms in total. The Labute approximate surface area is 208 Å². The molecule has 1 heterocycles. The van der Waals surface area contributed by atoms with Crippen LogP contribution < -0.4 is 10.3 Å². The lowest BCUT2D eigenvalue weighted by molar-refractivity contribution is 0.304. The lowest BCUT2D eigenvalue weighted by Crippen LogP contribution is -2.22. The molecule has 162 valence electrons. The van der Waals surface area contributed by atoms with Gasteiger partial charge in [0.05, 0.1) is 20.7 Å². The fraction of sp³-hybridized carbons (Fsp3) is 0.160. The van der Waals surface area contributed by atoms with E-state index in [9.17, 15) is 4.79 Å². The molecule has 0 aliphatic heterocycles. The van der Waals surface area contributed by atoms with Crippen molar-refractivity contribution in [3.8, 4) is 5.75 Å². The fourth-order valence-corrected chi connectivity index (χ4v) is 4.28. The van der Waals surface area contributed by atoms with Crippen LogP contribution in [0.5, 0.6) is 5.75 Å². The largest absolute Gasteiger partial charge is 0.488 e. The highest BCUT2D eigenvalue weighted by molar-refractivity contribution is 14.1. The first-order valence-corrected chi connectivity index (χ1v) is 12.0. The summed E-state index contributed by atoms with van der Waals surface area (Å²) in [4.78, 5) is 17.6. The van der Waals surface area contributed by atoms with Crippen molar-refractivity contribution < 1.29 is 4.74 Å². The van der Waals surface area contributed by atoms with E-state index in [-0.39, 0.29) is 5.56 Å². The number of nitrogens with zero attached hydrogens (tertiary/aromatic N) is 3. The summed E-state index contributed by atoms with van der Waals surface area (Å²) in [7, 11) is 0. The number of aromatic nitrogens is 2. The molecule has 0 radical (unpaired) electrons. The average molecular weight is 602 g/mol. The molecule has 0 spiro atoms. The van der Waals surface area contributed by atoms with Crippen molar-refractivity contribution in [3.05, 3.63) is 102 Å². The van der Waals surface area contributed by atoms with Crippen LogP contribution in [-0.2, 0) is 13.0 Å². The predicted molar refractivity (Wildman–Crippen MR) is 141 cm³/mol. The summed E-state index contributed by atoms with van der Waals surface area (Å²) in [6.07, 6.45) is 2.28. The maximum absolute atomic E-state index is 13.0. The topological polar surface area (TPSA) is 56.5 Å². The lowest BCUT2D eigenvalue weighted by Gasteiger charge is -2.10. The van der Waals surface area contributed by atoms with Crippen LogP contribution in [-0.4, -0.2) is 15.9 Å². The zero-order valence-electron chi connectivity index (χ0n) is 17.7. The second-order valence-electron chi connectivity index (χ2n) is 7.37. The van der Waals surface area contributed by atoms with Crippen LogP contribution in [0.15, 0.2) is 75.0 Å². The SMILES string of the molecule is CCc1nc2ccc(Br)cc2c(=O)n1N=Cc1ccc(OCc2ccc(C)cc2)c(I)c1. The van der Waals surface area contributed by atoms with Gasteiger partial charge >= 0.3 is 0 Å². The molecule has 0 aliphatic carbocycles. The standard InChI is InChI=1S/C25H21BrIN3O2/c1-3-24-29-22-10-9-19(26)13-20(22)25(31)30(24)28-14-18-8-11-23(21(27)12-18)32-15-17-6-4-16(2)5-7-17/h4-14H,3,15H2,1-2H3. The predicted octanol–water partition coefficient (Wildman–Crippen LogP) is 6.10. The molecule has 32 heavy (non-hydrogen) atoms. The molecular weight excluding hydrogens is 581 g/mol. The molecule has 4 aromatic rings. The summed E-state index contributed by atoms with van der Waals surface area (Å²) in [5.41, 5.74) is 3.72. The van der Waals surface area contributed by atoms with E-state index in [4.69, 9.17) is 4.74 Å². The number of fused-ring (bicyclic) bond motifs is 1. The molecule has 4 rings (SSSR count). The van der Waals surface area contributed by atoms with Crippen molar-refractivity contribution in [3.63, 3.8) is 0 Å². The van der Waals surface area contributed by atoms with Gasteiger partial charge in [-0.3, -0.25) is 4.79 Å². The quantitative estimate of drug-likeness (QED) is 0.198. The summed E-state index contributed by atoms with van der Waals surface area (Å²) in [6, 6.07) is 19.6. The number of aryl methyl sites for hydroxylation is 2. The maximum Gasteiger partial charge on any atom is 0.282 e. The summed E-state index contributed by atoms with van der Waals surface area (Å²) in [5, 5.41) is 4.99. The van der Waals surface area contributed by atoms with E-state index in [0.717, 1.165) is 24.9 Å². The minimum absolute atomic E-state index is 0.183. The van der Waals surface area contributed by atoms with Gasteiger partial charge in [0, 0.05) is 10.9 Å². The molecule has 0 saturated carbocycles. The second-order valence-corrected chi connectivity index (χ2v) is 9.45. The van der Waals surface area contributed by atoms with Crippen molar-refractivity contribution in [2.24, 2.45) is 5.10 Å². The van der Waals surface area contributed by atoms with E-state index < -0.39 is 0 Å². The zero-order valence-corrected chi connectivity index (χ0v) is 21.4. The first-order valence-electron chi connectivity index (χ1n) is 10.2. The molecule has 0 fully saturated rings. The highest BCUT2D eigenvalue weighted by atomic mass is 127. The van der Waals surface area contributed by atoms with Crippen molar-refractivity contribution in [2.75, 3.05) is 0 Å². The molecular formula is C25H21BrIN3O2. The van der Waals surface area contributed by atoms with E-state index in [1.54, 1.807) is 12.3 Å². The smallest absolute Gasteiger partial charge is 0.282 e. The summed E-state index contributed by atoms with van der Waals surface area (Å²) in [6.45, 7) is 4.54. The van der Waals surface area contributed by atoms with Crippen LogP contribution in [0.25, 0.3) is 10.9 Å². The Hall–Kier alpha value is -2.52. The third kappa shape index (κ3) is 5.10. The van der Waals surface area contributed by atoms with Crippen LogP contribution in [0.2, 0.25) is 0 Å². The Bertz CT molecular complexity index is 1360. The first kappa shape index (κ1) is 22.7. The van der Waals surface area contributed by atoms with Gasteiger partial charge in [-0.2, -0.15) is 9.78 Å². The van der Waals surface area contributed by atoms with Gasteiger partial charge in [0.1, 0.15) is 18.2 Å². The Balaban J connectivity index is 1.57. The molecule has 3 aromatic carbocycles. The Morgan fingerprint density at radius 2 is 1.91 bits per heavy atom. The third-order valence-corrected chi connectivity index (χ3v) is 6.32. The number of halogens is 2. The molecule has 0 aliphatic rings. The van der Waals surface area contributed by atoms with Crippen molar-refractivity contribution in [1.82, 2.24) is 9.66 Å². The average Bonchev–Trinajstić information content (AvgIpc) is 2.79. The van der Waals surface area contributed by atoms with Crippen LogP contribution >= 0.6 is 38.5 Å². The third-order valence-electron chi connectivity index (χ3n) is 4.98. The summed E-state index contributed by atoms with van der Waals surface area (Å²) >= 11 is 5.67. The van der Waals surface area contributed by atoms with E-state index in [1.807, 2.05) is 37.3 Å². The van der Waals surface area contributed by atoms with E-state index in [0.29, 0.717) is 29.8 Å². The van der Waals surface area contributed by atoms with E-state index in [1.165, 1.54) is 10.2 Å². The molecule has 7 heteroatoms. The molecule has 0 unspecified atom stereocenters. The maximum atomic E-state index is 13.0. The monoisotopic (exact) mass is 601 g/mol. The number of ether oxygens (including phenoxy) is 1. The van der Waals surface area contributed by atoms with Gasteiger partial charge in [-0.15, -0.1) is 0 Å². The van der Waals surface area contributed by atoms with Gasteiger partial charge in [0.15, 0.2) is 0 Å². The lowest BCUT2D eigenvalue weighted by atomic mass is 10.2. The minimum atomic E-state index is -0.183. The van der Waals surface area contributed by atoms with E-state index in [2.05, 4.69) is 79.8 Å². The van der Waals surface area contributed by atoms with E-state index >= 15 is 0 Å². The molecule has 0 N–H and O–H groups in total. The first-order chi connectivity index (χ1) is 15.4. The molecule has 0 atom stereocenters. The Morgan fingerprint density at radius 1 is 1.12 bits per heavy atom. The van der Waals surface area contributed by atoms with Crippen LogP contribution in [0.4, 0.5) is 0 Å². The van der Waals surface area contributed by atoms with Gasteiger partial charge in [-0.05, 0) is 77.0 Å². The number of rotatable bonds is 6. The molecule has 0 bridgehead atoms. The minimum Gasteiger partial charge on any atom is -0.488 e. The Kier molecular flexibility index (Phi) is 7.05. The molecule has 1 aromatic heterocycles. The van der Waals surface area contributed by atoms with Gasteiger partial charge in [0.2, 0.25) is 0 Å².